The highest BCUT2D eigenvalue weighted by Gasteiger charge is 2.26. The van der Waals surface area contributed by atoms with Crippen LogP contribution in [-0.4, -0.2) is 59.1 Å². The Morgan fingerprint density at radius 1 is 1.18 bits per heavy atom. The Labute approximate surface area is 107 Å². The molecule has 0 spiro atoms. The molecule has 1 fully saturated rings. The smallest absolute Gasteiger partial charge is 0.410 e. The molecule has 0 radical (unpaired) electrons. The highest BCUT2D eigenvalue weighted by Crippen LogP contribution is 2.13. The lowest BCUT2D eigenvalue weighted by Crippen LogP contribution is -2.51. The van der Waals surface area contributed by atoms with E-state index < -0.39 is 5.60 Å². The lowest BCUT2D eigenvalue weighted by atomic mass is 10.2. The molecule has 1 rings (SSSR count). The summed E-state index contributed by atoms with van der Waals surface area (Å²) in [5, 5.41) is 8.27. The molecule has 1 N–H and O–H groups in total. The molecule has 0 saturated carbocycles. The number of amides is 1. The third kappa shape index (κ3) is 4.46. The number of carbonyl (C=O) groups is 1. The van der Waals surface area contributed by atoms with Crippen LogP contribution in [0.5, 0.6) is 0 Å². The molecule has 0 aromatic rings. The van der Waals surface area contributed by atoms with Crippen molar-refractivity contribution in [2.75, 3.05) is 32.4 Å². The average molecular weight is 259 g/mol. The maximum absolute atomic E-state index is 11.8. The molecule has 0 bridgehead atoms. The van der Waals surface area contributed by atoms with Gasteiger partial charge in [0, 0.05) is 26.2 Å². The lowest BCUT2D eigenvalue weighted by molar-refractivity contribution is 0.0188. The number of thioether (sulfide) groups is 1. The predicted octanol–water partition coefficient (Wildman–Crippen LogP) is 1.84. The molecule has 0 atom stereocenters. The summed E-state index contributed by atoms with van der Waals surface area (Å²) in [5.41, 5.74) is -0.444. The summed E-state index contributed by atoms with van der Waals surface area (Å²) < 4.78 is 5.31. The second-order valence-corrected chi connectivity index (χ2v) is 5.76. The van der Waals surface area contributed by atoms with Crippen molar-refractivity contribution in [3.63, 3.8) is 0 Å². The van der Waals surface area contributed by atoms with E-state index in [9.17, 15) is 4.79 Å². The molecule has 17 heavy (non-hydrogen) atoms. The van der Waals surface area contributed by atoms with E-state index in [1.54, 1.807) is 4.90 Å². The highest BCUT2D eigenvalue weighted by atomic mass is 32.2. The molecule has 5 nitrogen and oxygen atoms in total. The summed E-state index contributed by atoms with van der Waals surface area (Å²) in [6.45, 7) is 8.26. The van der Waals surface area contributed by atoms with Crippen molar-refractivity contribution < 1.29 is 9.53 Å². The van der Waals surface area contributed by atoms with Crippen molar-refractivity contribution in [3.05, 3.63) is 0 Å². The van der Waals surface area contributed by atoms with Crippen LogP contribution in [0.25, 0.3) is 0 Å². The van der Waals surface area contributed by atoms with E-state index in [2.05, 4.69) is 0 Å². The zero-order valence-corrected chi connectivity index (χ0v) is 11.8. The summed E-state index contributed by atoms with van der Waals surface area (Å²) >= 11 is 1.43. The minimum atomic E-state index is -0.444. The fourth-order valence-corrected chi connectivity index (χ4v) is 1.99. The fourth-order valence-electron chi connectivity index (χ4n) is 1.55. The minimum Gasteiger partial charge on any atom is -0.444 e. The molecular weight excluding hydrogens is 238 g/mol. The summed E-state index contributed by atoms with van der Waals surface area (Å²) in [4.78, 5) is 15.5. The number of nitrogens with zero attached hydrogens (tertiary/aromatic N) is 2. The Kier molecular flexibility index (Phi) is 4.68. The average Bonchev–Trinajstić information content (AvgIpc) is 2.26. The van der Waals surface area contributed by atoms with Crippen LogP contribution < -0.4 is 0 Å². The molecule has 0 aromatic heterocycles. The second kappa shape index (κ2) is 5.62. The van der Waals surface area contributed by atoms with Gasteiger partial charge in [0.25, 0.3) is 0 Å². The van der Waals surface area contributed by atoms with E-state index in [4.69, 9.17) is 10.1 Å². The number of carbonyl (C=O) groups excluding carboxylic acids is 1. The normalized spacial score (nSPS) is 16.9. The number of ether oxygens (including phenoxy) is 1. The van der Waals surface area contributed by atoms with Gasteiger partial charge in [-0.15, -0.1) is 0 Å². The molecule has 1 aliphatic rings. The Bertz CT molecular complexity index is 294. The van der Waals surface area contributed by atoms with Crippen LogP contribution in [0.15, 0.2) is 0 Å². The van der Waals surface area contributed by atoms with Crippen LogP contribution in [0.3, 0.4) is 0 Å². The number of amidine groups is 1. The van der Waals surface area contributed by atoms with Crippen molar-refractivity contribution in [3.8, 4) is 0 Å². The molecular formula is C11H21N3O2S. The Hall–Kier alpha value is -0.910. The monoisotopic (exact) mass is 259 g/mol. The highest BCUT2D eigenvalue weighted by molar-refractivity contribution is 8.13. The molecule has 0 aromatic carbocycles. The Morgan fingerprint density at radius 2 is 1.65 bits per heavy atom. The van der Waals surface area contributed by atoms with Gasteiger partial charge in [0.1, 0.15) is 5.60 Å². The van der Waals surface area contributed by atoms with Crippen LogP contribution in [0.2, 0.25) is 0 Å². The maximum atomic E-state index is 11.8. The Balaban J connectivity index is 2.42. The second-order valence-electron chi connectivity index (χ2n) is 4.96. The van der Waals surface area contributed by atoms with Crippen LogP contribution in [0.4, 0.5) is 4.79 Å². The number of piperazine rings is 1. The van der Waals surface area contributed by atoms with Crippen LogP contribution >= 0.6 is 11.8 Å². The van der Waals surface area contributed by atoms with Gasteiger partial charge in [-0.05, 0) is 27.0 Å². The van der Waals surface area contributed by atoms with Crippen LogP contribution in [-0.2, 0) is 4.74 Å². The van der Waals surface area contributed by atoms with Gasteiger partial charge in [-0.3, -0.25) is 5.41 Å². The van der Waals surface area contributed by atoms with Gasteiger partial charge in [-0.25, -0.2) is 4.79 Å². The minimum absolute atomic E-state index is 0.257. The lowest BCUT2D eigenvalue weighted by Gasteiger charge is -2.36. The number of rotatable bonds is 0. The number of hydrogen-bond donors (Lipinski definition) is 1. The molecule has 98 valence electrons. The van der Waals surface area contributed by atoms with Gasteiger partial charge < -0.3 is 14.5 Å². The zero-order valence-electron chi connectivity index (χ0n) is 10.9. The maximum Gasteiger partial charge on any atom is 0.410 e. The van der Waals surface area contributed by atoms with Crippen LogP contribution in [0.1, 0.15) is 20.8 Å². The first kappa shape index (κ1) is 14.2. The van der Waals surface area contributed by atoms with E-state index in [1.807, 2.05) is 31.9 Å². The first-order valence-electron chi connectivity index (χ1n) is 5.69. The van der Waals surface area contributed by atoms with Crippen molar-refractivity contribution in [1.82, 2.24) is 9.80 Å². The third-order valence-electron chi connectivity index (χ3n) is 2.41. The van der Waals surface area contributed by atoms with Gasteiger partial charge in [-0.2, -0.15) is 0 Å². The Morgan fingerprint density at radius 3 is 2.06 bits per heavy atom. The van der Waals surface area contributed by atoms with Crippen LogP contribution in [0, 0.1) is 5.41 Å². The summed E-state index contributed by atoms with van der Waals surface area (Å²) in [6, 6.07) is 0. The standard InChI is InChI=1S/C11H21N3O2S/c1-11(2,3)16-10(15)14-7-5-13(6-8-14)9(12)17-4/h12H,5-8H2,1-4H3. The topological polar surface area (TPSA) is 56.6 Å². The van der Waals surface area contributed by atoms with E-state index in [-0.39, 0.29) is 6.09 Å². The quantitative estimate of drug-likeness (QED) is 0.533. The van der Waals surface area contributed by atoms with Gasteiger partial charge in [0.15, 0.2) is 5.17 Å². The van der Waals surface area contributed by atoms with Gasteiger partial charge in [0.2, 0.25) is 0 Å². The van der Waals surface area contributed by atoms with Gasteiger partial charge in [-0.1, -0.05) is 11.8 Å². The van der Waals surface area contributed by atoms with Gasteiger partial charge >= 0.3 is 6.09 Å². The van der Waals surface area contributed by atoms with E-state index in [1.165, 1.54) is 11.8 Å². The molecule has 0 unspecified atom stereocenters. The SMILES string of the molecule is CSC(=N)N1CCN(C(=O)OC(C)(C)C)CC1. The van der Waals surface area contributed by atoms with Crippen molar-refractivity contribution in [1.29, 1.82) is 5.41 Å². The molecule has 0 aliphatic carbocycles. The number of hydrogen-bond acceptors (Lipinski definition) is 4. The summed E-state index contributed by atoms with van der Waals surface area (Å²) in [5.74, 6) is 0. The van der Waals surface area contributed by atoms with Crippen molar-refractivity contribution >= 4 is 23.0 Å². The summed E-state index contributed by atoms with van der Waals surface area (Å²) in [6.07, 6.45) is 1.63. The molecule has 1 heterocycles. The van der Waals surface area contributed by atoms with Gasteiger partial charge in [0.05, 0.1) is 0 Å². The molecule has 1 saturated heterocycles. The third-order valence-corrected chi connectivity index (χ3v) is 3.06. The zero-order chi connectivity index (χ0) is 13.1. The molecule has 6 heteroatoms. The first-order valence-corrected chi connectivity index (χ1v) is 6.91. The summed E-state index contributed by atoms with van der Waals surface area (Å²) in [7, 11) is 0. The molecule has 1 aliphatic heterocycles. The van der Waals surface area contributed by atoms with E-state index in [0.717, 1.165) is 0 Å². The van der Waals surface area contributed by atoms with E-state index in [0.29, 0.717) is 31.3 Å². The number of nitrogens with one attached hydrogen (secondary N) is 1. The molecule has 1 amide bonds. The fraction of sp³-hybridized carbons (Fsp3) is 0.818. The van der Waals surface area contributed by atoms with Crippen molar-refractivity contribution in [2.24, 2.45) is 0 Å². The predicted molar refractivity (Wildman–Crippen MR) is 70.6 cm³/mol. The first-order chi connectivity index (χ1) is 7.83. The largest absolute Gasteiger partial charge is 0.444 e. The van der Waals surface area contributed by atoms with E-state index >= 15 is 0 Å². The van der Waals surface area contributed by atoms with Crippen molar-refractivity contribution in [2.45, 2.75) is 26.4 Å².